The second-order valence-corrected chi connectivity index (χ2v) is 11.3. The number of hydrogen-bond acceptors (Lipinski definition) is 5. The normalized spacial score (nSPS) is 17.0. The van der Waals surface area contributed by atoms with E-state index < -0.39 is 10.0 Å². The van der Waals surface area contributed by atoms with Crippen molar-refractivity contribution in [2.45, 2.75) is 29.8 Å². The predicted molar refractivity (Wildman–Crippen MR) is 132 cm³/mol. The molecule has 6 nitrogen and oxygen atoms in total. The van der Waals surface area contributed by atoms with Gasteiger partial charge in [0.25, 0.3) is 10.0 Å². The molecule has 0 aliphatic carbocycles. The summed E-state index contributed by atoms with van der Waals surface area (Å²) < 4.78 is 28.8. The maximum Gasteiger partial charge on any atom is 0.270 e. The lowest BCUT2D eigenvalue weighted by atomic mass is 10.0. The highest BCUT2D eigenvalue weighted by Crippen LogP contribution is 2.30. The zero-order valence-electron chi connectivity index (χ0n) is 18.3. The fourth-order valence-electron chi connectivity index (χ4n) is 4.37. The summed E-state index contributed by atoms with van der Waals surface area (Å²) in [4.78, 5) is 19.5. The van der Waals surface area contributed by atoms with E-state index in [2.05, 4.69) is 11.9 Å². The van der Waals surface area contributed by atoms with Gasteiger partial charge < -0.3 is 4.90 Å². The molecule has 1 aliphatic heterocycles. The number of para-hydroxylation sites is 2. The van der Waals surface area contributed by atoms with Gasteiger partial charge >= 0.3 is 0 Å². The van der Waals surface area contributed by atoms with Gasteiger partial charge in [0.1, 0.15) is 0 Å². The van der Waals surface area contributed by atoms with E-state index in [1.807, 2.05) is 41.3 Å². The first kappa shape index (κ1) is 22.0. The Morgan fingerprint density at radius 2 is 1.82 bits per heavy atom. The standard InChI is InChI=1S/C25H25N3O3S2/c1-18-7-6-14-27(16-18)24(29)17-32-25-26-22-10-4-5-11-23(22)28(25)33(30,31)21-13-12-19-8-2-3-9-20(19)15-21/h2-5,8-13,15,18H,6-7,14,16-17H2,1H3. The zero-order valence-corrected chi connectivity index (χ0v) is 20.0. The zero-order chi connectivity index (χ0) is 23.0. The van der Waals surface area contributed by atoms with Crippen LogP contribution in [0.4, 0.5) is 0 Å². The summed E-state index contributed by atoms with van der Waals surface area (Å²) in [6.07, 6.45) is 2.14. The number of benzene rings is 3. The van der Waals surface area contributed by atoms with Crippen LogP contribution in [0, 0.1) is 5.92 Å². The maximum atomic E-state index is 13.8. The maximum absolute atomic E-state index is 13.8. The number of hydrogen-bond donors (Lipinski definition) is 0. The lowest BCUT2D eigenvalue weighted by Crippen LogP contribution is -2.40. The Morgan fingerprint density at radius 1 is 1.06 bits per heavy atom. The van der Waals surface area contributed by atoms with Crippen LogP contribution in [0.1, 0.15) is 19.8 Å². The molecule has 0 N–H and O–H groups in total. The van der Waals surface area contributed by atoms with Crippen LogP contribution in [0.2, 0.25) is 0 Å². The number of thioether (sulfide) groups is 1. The van der Waals surface area contributed by atoms with Crippen LogP contribution in [0.5, 0.6) is 0 Å². The van der Waals surface area contributed by atoms with E-state index in [0.717, 1.165) is 36.7 Å². The number of carbonyl (C=O) groups excluding carboxylic acids is 1. The molecule has 0 saturated carbocycles. The second-order valence-electron chi connectivity index (χ2n) is 8.54. The van der Waals surface area contributed by atoms with Crippen molar-refractivity contribution in [2.24, 2.45) is 5.92 Å². The highest BCUT2D eigenvalue weighted by Gasteiger charge is 2.27. The molecule has 0 radical (unpaired) electrons. The minimum absolute atomic E-state index is 0.0215. The third-order valence-electron chi connectivity index (χ3n) is 6.08. The van der Waals surface area contributed by atoms with Gasteiger partial charge in [0.15, 0.2) is 5.16 Å². The highest BCUT2D eigenvalue weighted by atomic mass is 32.2. The molecule has 0 bridgehead atoms. The molecule has 170 valence electrons. The van der Waals surface area contributed by atoms with Gasteiger partial charge in [-0.05, 0) is 53.8 Å². The summed E-state index contributed by atoms with van der Waals surface area (Å²) in [6, 6.07) is 20.0. The Labute approximate surface area is 197 Å². The molecule has 5 rings (SSSR count). The first-order chi connectivity index (χ1) is 15.9. The first-order valence-electron chi connectivity index (χ1n) is 11.1. The van der Waals surface area contributed by atoms with Gasteiger partial charge in [-0.3, -0.25) is 4.79 Å². The van der Waals surface area contributed by atoms with Gasteiger partial charge in [-0.1, -0.05) is 61.2 Å². The van der Waals surface area contributed by atoms with Gasteiger partial charge in [-0.15, -0.1) is 0 Å². The molecule has 2 heterocycles. The number of piperidine rings is 1. The molecule has 33 heavy (non-hydrogen) atoms. The third kappa shape index (κ3) is 4.25. The number of amides is 1. The van der Waals surface area contributed by atoms with E-state index >= 15 is 0 Å². The van der Waals surface area contributed by atoms with Crippen molar-refractivity contribution in [1.29, 1.82) is 0 Å². The lowest BCUT2D eigenvalue weighted by molar-refractivity contribution is -0.130. The Hall–Kier alpha value is -2.84. The number of carbonyl (C=O) groups is 1. The van der Waals surface area contributed by atoms with Gasteiger partial charge in [0, 0.05) is 13.1 Å². The third-order valence-corrected chi connectivity index (χ3v) is 8.82. The minimum atomic E-state index is -3.92. The van der Waals surface area contributed by atoms with Crippen LogP contribution in [0.3, 0.4) is 0 Å². The number of fused-ring (bicyclic) bond motifs is 2. The molecular weight excluding hydrogens is 454 g/mol. The van der Waals surface area contributed by atoms with Gasteiger partial charge in [0.05, 0.1) is 21.7 Å². The molecule has 1 aliphatic rings. The first-order valence-corrected chi connectivity index (χ1v) is 13.5. The largest absolute Gasteiger partial charge is 0.342 e. The molecule has 8 heteroatoms. The Morgan fingerprint density at radius 3 is 2.64 bits per heavy atom. The summed E-state index contributed by atoms with van der Waals surface area (Å²) in [5, 5.41) is 2.14. The van der Waals surface area contributed by atoms with E-state index in [0.29, 0.717) is 22.1 Å². The van der Waals surface area contributed by atoms with Gasteiger partial charge in [-0.25, -0.2) is 17.4 Å². The molecule has 1 atom stereocenters. The van der Waals surface area contributed by atoms with Crippen molar-refractivity contribution in [3.05, 3.63) is 66.7 Å². The summed E-state index contributed by atoms with van der Waals surface area (Å²) in [7, 11) is -3.92. The van der Waals surface area contributed by atoms with Gasteiger partial charge in [-0.2, -0.15) is 0 Å². The van der Waals surface area contributed by atoms with Crippen molar-refractivity contribution in [2.75, 3.05) is 18.8 Å². The molecule has 4 aromatic rings. The summed E-state index contributed by atoms with van der Waals surface area (Å²) >= 11 is 1.18. The monoisotopic (exact) mass is 479 g/mol. The SMILES string of the molecule is CC1CCCN(C(=O)CSc2nc3ccccc3n2S(=O)(=O)c2ccc3ccccc3c2)C1. The number of imidazole rings is 1. The van der Waals surface area contributed by atoms with E-state index in [4.69, 9.17) is 0 Å². The van der Waals surface area contributed by atoms with Crippen LogP contribution in [-0.4, -0.2) is 47.0 Å². The van der Waals surface area contributed by atoms with E-state index in [1.165, 1.54) is 15.7 Å². The van der Waals surface area contributed by atoms with E-state index in [-0.39, 0.29) is 16.6 Å². The molecule has 1 unspecified atom stereocenters. The molecule has 1 saturated heterocycles. The Kier molecular flexibility index (Phi) is 5.88. The molecule has 1 fully saturated rings. The fraction of sp³-hybridized carbons (Fsp3) is 0.280. The second kappa shape index (κ2) is 8.83. The number of nitrogens with zero attached hydrogens (tertiary/aromatic N) is 3. The van der Waals surface area contributed by atoms with Crippen LogP contribution >= 0.6 is 11.8 Å². The van der Waals surface area contributed by atoms with Crippen molar-refractivity contribution in [3.8, 4) is 0 Å². The van der Waals surface area contributed by atoms with Crippen molar-refractivity contribution < 1.29 is 13.2 Å². The van der Waals surface area contributed by atoms with Crippen LogP contribution in [-0.2, 0) is 14.8 Å². The summed E-state index contributed by atoms with van der Waals surface area (Å²) in [5.41, 5.74) is 1.09. The number of aromatic nitrogens is 2. The Bertz CT molecular complexity index is 1450. The van der Waals surface area contributed by atoms with Crippen molar-refractivity contribution in [1.82, 2.24) is 13.9 Å². The van der Waals surface area contributed by atoms with E-state index in [9.17, 15) is 13.2 Å². The summed E-state index contributed by atoms with van der Waals surface area (Å²) in [6.45, 7) is 3.67. The smallest absolute Gasteiger partial charge is 0.270 e. The highest BCUT2D eigenvalue weighted by molar-refractivity contribution is 8.00. The molecule has 3 aromatic carbocycles. The molecular formula is C25H25N3O3S2. The van der Waals surface area contributed by atoms with Crippen LogP contribution in [0.15, 0.2) is 76.8 Å². The minimum Gasteiger partial charge on any atom is -0.342 e. The van der Waals surface area contributed by atoms with E-state index in [1.54, 1.807) is 30.3 Å². The number of rotatable bonds is 5. The molecule has 1 amide bonds. The summed E-state index contributed by atoms with van der Waals surface area (Å²) in [5.74, 6) is 0.669. The molecule has 1 aromatic heterocycles. The van der Waals surface area contributed by atoms with Gasteiger partial charge in [0.2, 0.25) is 5.91 Å². The average Bonchev–Trinajstić information content (AvgIpc) is 3.21. The molecule has 0 spiro atoms. The van der Waals surface area contributed by atoms with Crippen molar-refractivity contribution >= 4 is 49.5 Å². The van der Waals surface area contributed by atoms with Crippen LogP contribution in [0.25, 0.3) is 21.8 Å². The van der Waals surface area contributed by atoms with Crippen LogP contribution < -0.4 is 0 Å². The topological polar surface area (TPSA) is 72.3 Å². The Balaban J connectivity index is 1.51. The quantitative estimate of drug-likeness (QED) is 0.385. The number of likely N-dealkylation sites (tertiary alicyclic amines) is 1. The lowest BCUT2D eigenvalue weighted by Gasteiger charge is -2.30. The predicted octanol–water partition coefficient (Wildman–Crippen LogP) is 4.78. The average molecular weight is 480 g/mol. The fourth-order valence-corrected chi connectivity index (χ4v) is 7.02. The van der Waals surface area contributed by atoms with Crippen molar-refractivity contribution in [3.63, 3.8) is 0 Å².